The number of piperidine rings is 2. The molecule has 63 heavy (non-hydrogen) atoms. The van der Waals surface area contributed by atoms with Crippen LogP contribution in [0.15, 0.2) is 84.9 Å². The number of nitrogens with one attached hydrogen (secondary N) is 1. The van der Waals surface area contributed by atoms with Gasteiger partial charge in [-0.3, -0.25) is 23.0 Å². The van der Waals surface area contributed by atoms with Gasteiger partial charge in [-0.25, -0.2) is 17.6 Å². The van der Waals surface area contributed by atoms with Crippen molar-refractivity contribution >= 4 is 49.3 Å². The van der Waals surface area contributed by atoms with Gasteiger partial charge in [0.2, 0.25) is 0 Å². The minimum absolute atomic E-state index is 0.0137. The number of carbonyl (C=O) groups is 3. The van der Waals surface area contributed by atoms with E-state index in [1.165, 1.54) is 63.2 Å². The molecule has 0 unspecified atom stereocenters. The number of benzene rings is 4. The normalized spacial score (nSPS) is 15.0. The first-order valence-electron chi connectivity index (χ1n) is 19.9. The minimum Gasteiger partial charge on any atom is -0.344 e. The number of carbonyl (C=O) groups excluding carboxylic acids is 3. The molecule has 21 heteroatoms. The Labute approximate surface area is 361 Å². The summed E-state index contributed by atoms with van der Waals surface area (Å²) in [6.07, 6.45) is 1.35. The average Bonchev–Trinajstić information content (AvgIpc) is 3.27. The maximum absolute atomic E-state index is 14.9. The summed E-state index contributed by atoms with van der Waals surface area (Å²) in [5.74, 6) is -5.74. The molecule has 0 aliphatic carbocycles. The van der Waals surface area contributed by atoms with E-state index in [-0.39, 0.29) is 59.8 Å². The molecule has 3 N–H and O–H groups in total. The zero-order valence-corrected chi connectivity index (χ0v) is 35.5. The molecular formula is C42H46F6N6O7S2. The van der Waals surface area contributed by atoms with Gasteiger partial charge in [0.25, 0.3) is 5.91 Å². The fourth-order valence-corrected chi connectivity index (χ4v) is 10.2. The Morgan fingerprint density at radius 1 is 0.603 bits per heavy atom. The van der Waals surface area contributed by atoms with Crippen molar-refractivity contribution in [2.75, 3.05) is 47.9 Å². The number of hydrogen-bond acceptors (Lipinski definition) is 8. The zero-order chi connectivity index (χ0) is 45.9. The van der Waals surface area contributed by atoms with E-state index in [0.717, 1.165) is 64.6 Å². The van der Waals surface area contributed by atoms with Crippen LogP contribution in [0.1, 0.15) is 70.4 Å². The molecule has 1 amide bonds. The molecule has 2 saturated heterocycles. The molecule has 2 fully saturated rings. The molecule has 4 aromatic carbocycles. The van der Waals surface area contributed by atoms with Gasteiger partial charge < -0.3 is 11.1 Å². The van der Waals surface area contributed by atoms with Gasteiger partial charge in [0.1, 0.15) is 23.3 Å². The summed E-state index contributed by atoms with van der Waals surface area (Å²) in [6, 6.07) is 17.1. The number of hydrogen-bond donors (Lipinski definition) is 2. The highest BCUT2D eigenvalue weighted by Crippen LogP contribution is 2.29. The van der Waals surface area contributed by atoms with Crippen molar-refractivity contribution in [2.45, 2.75) is 58.0 Å². The van der Waals surface area contributed by atoms with Crippen LogP contribution < -0.4 is 19.7 Å². The zero-order valence-electron chi connectivity index (χ0n) is 33.9. The van der Waals surface area contributed by atoms with E-state index in [9.17, 15) is 57.6 Å². The Hall–Kier alpha value is -5.35. The first-order valence-corrected chi connectivity index (χ1v) is 22.7. The predicted molar refractivity (Wildman–Crippen MR) is 223 cm³/mol. The summed E-state index contributed by atoms with van der Waals surface area (Å²) in [5, 5.41) is 1.74. The van der Waals surface area contributed by atoms with Gasteiger partial charge in [0.05, 0.1) is 37.6 Å². The van der Waals surface area contributed by atoms with E-state index in [2.05, 4.69) is 0 Å². The number of nitrogens with zero attached hydrogens (tertiary/aromatic N) is 4. The highest BCUT2D eigenvalue weighted by Gasteiger charge is 2.34. The highest BCUT2D eigenvalue weighted by atomic mass is 32.2. The second-order valence-electron chi connectivity index (χ2n) is 14.6. The summed E-state index contributed by atoms with van der Waals surface area (Å²) < 4.78 is 139. The Bertz CT molecular complexity index is 2490. The van der Waals surface area contributed by atoms with Gasteiger partial charge in [0.15, 0.2) is 11.6 Å². The third-order valence-corrected chi connectivity index (χ3v) is 14.0. The van der Waals surface area contributed by atoms with Crippen LogP contribution >= 0.6 is 0 Å². The fourth-order valence-electron chi connectivity index (χ4n) is 6.82. The van der Waals surface area contributed by atoms with Crippen LogP contribution in [0.3, 0.4) is 0 Å². The average molecular weight is 925 g/mol. The third kappa shape index (κ3) is 12.6. The van der Waals surface area contributed by atoms with Gasteiger partial charge in [-0.05, 0) is 74.2 Å². The molecule has 4 aromatic rings. The summed E-state index contributed by atoms with van der Waals surface area (Å²) in [6.45, 7) is -0.502. The quantitative estimate of drug-likeness (QED) is 0.100. The van der Waals surface area contributed by atoms with E-state index in [0.29, 0.717) is 25.9 Å². The maximum atomic E-state index is 14.9. The monoisotopic (exact) mass is 924 g/mol. The number of ketones is 2. The lowest BCUT2D eigenvalue weighted by Gasteiger charge is -2.33. The number of amides is 1. The molecule has 2 heterocycles. The second kappa shape index (κ2) is 21.8. The Balaban J connectivity index is 0.000000240. The lowest BCUT2D eigenvalue weighted by Crippen LogP contribution is -2.46. The van der Waals surface area contributed by atoms with Crippen LogP contribution in [0.4, 0.5) is 37.7 Å². The summed E-state index contributed by atoms with van der Waals surface area (Å²) in [5.41, 5.74) is 5.34. The molecule has 340 valence electrons. The largest absolute Gasteiger partial charge is 0.344 e. The lowest BCUT2D eigenvalue weighted by atomic mass is 10.1. The lowest BCUT2D eigenvalue weighted by molar-refractivity contribution is -0.131. The van der Waals surface area contributed by atoms with Crippen molar-refractivity contribution in [3.63, 3.8) is 0 Å². The van der Waals surface area contributed by atoms with Crippen LogP contribution in [0.5, 0.6) is 0 Å². The van der Waals surface area contributed by atoms with Crippen LogP contribution in [0.25, 0.3) is 0 Å². The fraction of sp³-hybridized carbons (Fsp3) is 0.357. The van der Waals surface area contributed by atoms with Gasteiger partial charge in [-0.2, -0.15) is 34.2 Å². The smallest absolute Gasteiger partial charge is 0.315 e. The van der Waals surface area contributed by atoms with Crippen LogP contribution in [-0.4, -0.2) is 88.6 Å². The summed E-state index contributed by atoms with van der Waals surface area (Å²) in [4.78, 5) is 34.7. The third-order valence-electron chi connectivity index (χ3n) is 10.2. The topological polar surface area (TPSA) is 170 Å². The Kier molecular flexibility index (Phi) is 16.9. The molecule has 0 saturated carbocycles. The standard InChI is InChI=1S/C22H23F4N3O4S.C20H23F2N3O3S/c23-17-5-4-6-18(12-17)29(34(32,33)28-9-2-1-3-10-28)14-16-8-7-15(11-19(16)24)20(30)13-27-22(31)21(25)26;21-17-5-4-6-18(12-17)25(29(27,28)24-9-2-1-3-10-24)14-16-8-7-15(11-19(16)22)20(26)13-23/h4-8,11-12,21H,1-3,9-10,13-14H2,(H,27,31);4-8,11-12H,1-3,9-10,13-14,23H2. The van der Waals surface area contributed by atoms with Crippen molar-refractivity contribution in [2.24, 2.45) is 5.73 Å². The van der Waals surface area contributed by atoms with Crippen molar-refractivity contribution < 1.29 is 57.6 Å². The maximum Gasteiger partial charge on any atom is 0.315 e. The minimum atomic E-state index is -4.11. The predicted octanol–water partition coefficient (Wildman–Crippen LogP) is 6.11. The molecule has 0 bridgehead atoms. The summed E-state index contributed by atoms with van der Waals surface area (Å²) in [7, 11) is -8.11. The van der Waals surface area contributed by atoms with Crippen molar-refractivity contribution in [3.05, 3.63) is 130 Å². The van der Waals surface area contributed by atoms with Gasteiger partial charge in [-0.15, -0.1) is 0 Å². The number of halogens is 6. The number of Topliss-reactive ketones (excluding diaryl/α,β-unsaturated/α-hetero) is 2. The molecular weight excluding hydrogens is 879 g/mol. The number of nitrogens with two attached hydrogens (primary N) is 1. The van der Waals surface area contributed by atoms with E-state index in [1.54, 1.807) is 5.32 Å². The van der Waals surface area contributed by atoms with Crippen molar-refractivity contribution in [1.29, 1.82) is 0 Å². The van der Waals surface area contributed by atoms with Crippen LogP contribution in [0, 0.1) is 23.3 Å². The second-order valence-corrected chi connectivity index (χ2v) is 18.3. The van der Waals surface area contributed by atoms with Crippen molar-refractivity contribution in [1.82, 2.24) is 13.9 Å². The molecule has 0 radical (unpaired) electrons. The van der Waals surface area contributed by atoms with Crippen LogP contribution in [-0.2, 0) is 38.3 Å². The molecule has 6 rings (SSSR count). The van der Waals surface area contributed by atoms with Gasteiger partial charge in [0, 0.05) is 48.4 Å². The first-order chi connectivity index (χ1) is 29.9. The van der Waals surface area contributed by atoms with Gasteiger partial charge in [-0.1, -0.05) is 49.2 Å². The van der Waals surface area contributed by atoms with Crippen molar-refractivity contribution in [3.8, 4) is 0 Å². The molecule has 0 aromatic heterocycles. The Morgan fingerprint density at radius 3 is 1.38 bits per heavy atom. The van der Waals surface area contributed by atoms with E-state index in [4.69, 9.17) is 5.73 Å². The molecule has 2 aliphatic heterocycles. The summed E-state index contributed by atoms with van der Waals surface area (Å²) >= 11 is 0. The Morgan fingerprint density at radius 2 is 1.02 bits per heavy atom. The number of alkyl halides is 2. The SMILES string of the molecule is NCC(=O)c1ccc(CN(c2cccc(F)c2)S(=O)(=O)N2CCCCC2)c(F)c1.O=C(CNC(=O)C(F)F)c1ccc(CN(c2cccc(F)c2)S(=O)(=O)N2CCCCC2)c(F)c1. The number of rotatable bonds is 16. The van der Waals surface area contributed by atoms with E-state index in [1.807, 2.05) is 0 Å². The van der Waals surface area contributed by atoms with E-state index >= 15 is 0 Å². The van der Waals surface area contributed by atoms with Gasteiger partial charge >= 0.3 is 26.8 Å². The van der Waals surface area contributed by atoms with Crippen LogP contribution in [0.2, 0.25) is 0 Å². The van der Waals surface area contributed by atoms with E-state index < -0.39 is 80.7 Å². The molecule has 0 spiro atoms. The molecule has 2 aliphatic rings. The highest BCUT2D eigenvalue weighted by molar-refractivity contribution is 7.90. The number of anilines is 2. The first kappa shape index (κ1) is 48.7. The molecule has 0 atom stereocenters. The molecule has 13 nitrogen and oxygen atoms in total.